The first kappa shape index (κ1) is 15.4. The Morgan fingerprint density at radius 1 is 1.55 bits per heavy atom. The third-order valence-electron chi connectivity index (χ3n) is 3.32. The molecule has 1 aromatic rings. The van der Waals surface area contributed by atoms with Crippen molar-refractivity contribution >= 4 is 17.9 Å². The number of ether oxygens (including phenoxy) is 1. The zero-order valence-electron chi connectivity index (χ0n) is 11.7. The highest BCUT2D eigenvalue weighted by atomic mass is 32.2. The average Bonchev–Trinajstić information content (AvgIpc) is 2.48. The van der Waals surface area contributed by atoms with Gasteiger partial charge in [0.2, 0.25) is 0 Å². The first-order valence-corrected chi connectivity index (χ1v) is 7.79. The number of carbonyl (C=O) groups excluding carboxylic acids is 1. The first-order valence-electron chi connectivity index (χ1n) is 7.02. The molecule has 1 heterocycles. The Hall–Kier alpha value is -1.04. The number of esters is 1. The summed E-state index contributed by atoms with van der Waals surface area (Å²) in [4.78, 5) is 12.9. The Bertz CT molecular complexity index is 452. The molecule has 2 rings (SSSR count). The smallest absolute Gasteiger partial charge is 0.310 e. The normalized spacial score (nSPS) is 19.8. The summed E-state index contributed by atoms with van der Waals surface area (Å²) in [7, 11) is 0. The van der Waals surface area contributed by atoms with E-state index < -0.39 is 0 Å². The second kappa shape index (κ2) is 7.67. The van der Waals surface area contributed by atoms with Gasteiger partial charge in [-0.25, -0.2) is 4.31 Å². The summed E-state index contributed by atoms with van der Waals surface area (Å²) in [5.74, 6) is -0.0980. The molecule has 1 N–H and O–H groups in total. The van der Waals surface area contributed by atoms with E-state index in [1.807, 2.05) is 31.2 Å². The lowest BCUT2D eigenvalue weighted by Crippen LogP contribution is -2.35. The maximum Gasteiger partial charge on any atom is 0.310 e. The lowest BCUT2D eigenvalue weighted by molar-refractivity contribution is -0.149. The van der Waals surface area contributed by atoms with Crippen LogP contribution in [0.15, 0.2) is 29.2 Å². The Kier molecular flexibility index (Phi) is 5.88. The summed E-state index contributed by atoms with van der Waals surface area (Å²) < 4.78 is 7.32. The van der Waals surface area contributed by atoms with Gasteiger partial charge in [-0.2, -0.15) is 0 Å². The van der Waals surface area contributed by atoms with Crippen LogP contribution in [0.5, 0.6) is 0 Å². The number of aliphatic hydroxyl groups excluding tert-OH is 1. The molecular weight excluding hydrogens is 274 g/mol. The van der Waals surface area contributed by atoms with Gasteiger partial charge in [0.15, 0.2) is 0 Å². The van der Waals surface area contributed by atoms with Crippen molar-refractivity contribution < 1.29 is 14.6 Å². The number of benzene rings is 1. The van der Waals surface area contributed by atoms with Gasteiger partial charge in [0.1, 0.15) is 0 Å². The largest absolute Gasteiger partial charge is 0.466 e. The van der Waals surface area contributed by atoms with E-state index in [0.29, 0.717) is 6.61 Å². The third-order valence-corrected chi connectivity index (χ3v) is 4.37. The number of nitrogens with zero attached hydrogens (tertiary/aromatic N) is 1. The van der Waals surface area contributed by atoms with E-state index in [-0.39, 0.29) is 18.5 Å². The van der Waals surface area contributed by atoms with Crippen LogP contribution < -0.4 is 0 Å². The standard InChI is InChI=1S/C15H21NO3S/c1-2-19-15(18)13-6-4-8-16(10-13)20-14-7-3-5-12(9-14)11-17/h3,5,7,9,13,17H,2,4,6,8,10-11H2,1H3. The molecule has 1 aliphatic heterocycles. The lowest BCUT2D eigenvalue weighted by Gasteiger charge is -2.30. The van der Waals surface area contributed by atoms with Crippen molar-refractivity contribution in [3.8, 4) is 0 Å². The molecule has 0 amide bonds. The van der Waals surface area contributed by atoms with Crippen LogP contribution in [0.2, 0.25) is 0 Å². The summed E-state index contributed by atoms with van der Waals surface area (Å²) in [6, 6.07) is 7.86. The van der Waals surface area contributed by atoms with Crippen LogP contribution in [0.1, 0.15) is 25.3 Å². The fourth-order valence-electron chi connectivity index (χ4n) is 2.33. The Balaban J connectivity index is 1.93. The minimum Gasteiger partial charge on any atom is -0.466 e. The quantitative estimate of drug-likeness (QED) is 0.668. The highest BCUT2D eigenvalue weighted by Gasteiger charge is 2.27. The summed E-state index contributed by atoms with van der Waals surface area (Å²) in [6.07, 6.45) is 1.92. The van der Waals surface area contributed by atoms with Crippen molar-refractivity contribution in [1.82, 2.24) is 4.31 Å². The SMILES string of the molecule is CCOC(=O)C1CCCN(Sc2cccc(CO)c2)C1. The molecule has 20 heavy (non-hydrogen) atoms. The molecular formula is C15H21NO3S. The summed E-state index contributed by atoms with van der Waals surface area (Å²) in [5, 5.41) is 9.16. The van der Waals surface area contributed by atoms with Crippen LogP contribution in [0.25, 0.3) is 0 Å². The first-order chi connectivity index (χ1) is 9.72. The number of hydrogen-bond donors (Lipinski definition) is 1. The van der Waals surface area contributed by atoms with E-state index in [1.54, 1.807) is 11.9 Å². The minimum absolute atomic E-state index is 0.0165. The lowest BCUT2D eigenvalue weighted by atomic mass is 10.0. The summed E-state index contributed by atoms with van der Waals surface area (Å²) in [6.45, 7) is 4.05. The van der Waals surface area contributed by atoms with Crippen molar-refractivity contribution in [2.45, 2.75) is 31.3 Å². The van der Waals surface area contributed by atoms with Crippen LogP contribution in [0.3, 0.4) is 0 Å². The van der Waals surface area contributed by atoms with Gasteiger partial charge < -0.3 is 9.84 Å². The molecule has 4 nitrogen and oxygen atoms in total. The average molecular weight is 295 g/mol. The molecule has 0 aromatic heterocycles. The van der Waals surface area contributed by atoms with E-state index in [9.17, 15) is 4.79 Å². The third kappa shape index (κ3) is 4.23. The Morgan fingerprint density at radius 3 is 3.15 bits per heavy atom. The number of hydrogen-bond acceptors (Lipinski definition) is 5. The highest BCUT2D eigenvalue weighted by molar-refractivity contribution is 7.97. The molecule has 1 fully saturated rings. The molecule has 0 saturated carbocycles. The molecule has 0 radical (unpaired) electrons. The van der Waals surface area contributed by atoms with Crippen LogP contribution in [0.4, 0.5) is 0 Å². The van der Waals surface area contributed by atoms with E-state index >= 15 is 0 Å². The molecule has 0 bridgehead atoms. The molecule has 5 heteroatoms. The van der Waals surface area contributed by atoms with Gasteiger partial charge in [-0.15, -0.1) is 0 Å². The van der Waals surface area contributed by atoms with Crippen LogP contribution in [0, 0.1) is 5.92 Å². The van der Waals surface area contributed by atoms with Gasteiger partial charge in [0.25, 0.3) is 0 Å². The van der Waals surface area contributed by atoms with Gasteiger partial charge in [-0.3, -0.25) is 4.79 Å². The monoisotopic (exact) mass is 295 g/mol. The highest BCUT2D eigenvalue weighted by Crippen LogP contribution is 2.29. The molecule has 1 aromatic carbocycles. The topological polar surface area (TPSA) is 49.8 Å². The molecule has 1 aliphatic rings. The molecule has 1 unspecified atom stereocenters. The predicted molar refractivity (Wildman–Crippen MR) is 79.2 cm³/mol. The second-order valence-corrected chi connectivity index (χ2v) is 6.05. The second-order valence-electron chi connectivity index (χ2n) is 4.88. The summed E-state index contributed by atoms with van der Waals surface area (Å²) in [5.41, 5.74) is 0.911. The van der Waals surface area contributed by atoms with Crippen LogP contribution in [-0.2, 0) is 16.1 Å². The number of aliphatic hydroxyl groups is 1. The van der Waals surface area contributed by atoms with E-state index in [0.717, 1.165) is 36.4 Å². The van der Waals surface area contributed by atoms with Crippen LogP contribution in [-0.4, -0.2) is 35.1 Å². The van der Waals surface area contributed by atoms with E-state index in [2.05, 4.69) is 4.31 Å². The van der Waals surface area contributed by atoms with Crippen molar-refractivity contribution in [1.29, 1.82) is 0 Å². The Labute approximate surface area is 124 Å². The number of piperidine rings is 1. The summed E-state index contributed by atoms with van der Waals surface area (Å²) >= 11 is 1.65. The molecule has 0 aliphatic carbocycles. The van der Waals surface area contributed by atoms with Crippen LogP contribution >= 0.6 is 11.9 Å². The fourth-order valence-corrected chi connectivity index (χ4v) is 3.44. The molecule has 1 saturated heterocycles. The van der Waals surface area contributed by atoms with E-state index in [1.165, 1.54) is 0 Å². The minimum atomic E-state index is -0.0816. The van der Waals surface area contributed by atoms with E-state index in [4.69, 9.17) is 9.84 Å². The molecule has 0 spiro atoms. The predicted octanol–water partition coefficient (Wildman–Crippen LogP) is 2.46. The van der Waals surface area contributed by atoms with Gasteiger partial charge in [0.05, 0.1) is 19.1 Å². The van der Waals surface area contributed by atoms with Crippen molar-refractivity contribution in [2.24, 2.45) is 5.92 Å². The Morgan fingerprint density at radius 2 is 2.40 bits per heavy atom. The maximum absolute atomic E-state index is 11.8. The van der Waals surface area contributed by atoms with Gasteiger partial charge >= 0.3 is 5.97 Å². The van der Waals surface area contributed by atoms with Crippen molar-refractivity contribution in [3.63, 3.8) is 0 Å². The zero-order chi connectivity index (χ0) is 14.4. The van der Waals surface area contributed by atoms with Gasteiger partial charge in [-0.05, 0) is 49.4 Å². The maximum atomic E-state index is 11.8. The number of rotatable bonds is 5. The number of carbonyl (C=O) groups is 1. The fraction of sp³-hybridized carbons (Fsp3) is 0.533. The van der Waals surface area contributed by atoms with Gasteiger partial charge in [-0.1, -0.05) is 12.1 Å². The van der Waals surface area contributed by atoms with Crippen molar-refractivity contribution in [2.75, 3.05) is 19.7 Å². The van der Waals surface area contributed by atoms with Gasteiger partial charge in [0, 0.05) is 18.0 Å². The van der Waals surface area contributed by atoms with Crippen molar-refractivity contribution in [3.05, 3.63) is 29.8 Å². The molecule has 110 valence electrons. The molecule has 1 atom stereocenters. The zero-order valence-corrected chi connectivity index (χ0v) is 12.6.